The van der Waals surface area contributed by atoms with E-state index in [2.05, 4.69) is 5.32 Å². The summed E-state index contributed by atoms with van der Waals surface area (Å²) in [7, 11) is 0. The highest BCUT2D eigenvalue weighted by Crippen LogP contribution is 2.02. The molecular weight excluding hydrogens is 354 g/mol. The Hall–Kier alpha value is -3.22. The Kier molecular flexibility index (Phi) is 9.29. The van der Waals surface area contributed by atoms with Crippen molar-refractivity contribution in [3.8, 4) is 0 Å². The zero-order valence-electron chi connectivity index (χ0n) is 13.6. The van der Waals surface area contributed by atoms with Crippen molar-refractivity contribution in [3.63, 3.8) is 0 Å². The smallest absolute Gasteiger partial charge is 0.326 e. The lowest BCUT2D eigenvalue weighted by Crippen LogP contribution is -2.55. The number of primary amides is 2. The topological polar surface area (TPSA) is 245 Å². The van der Waals surface area contributed by atoms with E-state index in [4.69, 9.17) is 27.4 Å². The highest BCUT2D eigenvalue weighted by atomic mass is 16.4. The number of hydrogen-bond acceptors (Lipinski definition) is 7. The van der Waals surface area contributed by atoms with E-state index in [1.807, 2.05) is 5.32 Å². The molecule has 10 N–H and O–H groups in total. The predicted molar refractivity (Wildman–Crippen MR) is 84.0 cm³/mol. The molecule has 0 saturated carbocycles. The number of carboxylic acids is 2. The summed E-state index contributed by atoms with van der Waals surface area (Å²) in [6.45, 7) is 0. The van der Waals surface area contributed by atoms with Crippen LogP contribution < -0.4 is 27.8 Å². The molecule has 3 unspecified atom stereocenters. The van der Waals surface area contributed by atoms with Crippen molar-refractivity contribution >= 4 is 35.6 Å². The Morgan fingerprint density at radius 3 is 1.73 bits per heavy atom. The van der Waals surface area contributed by atoms with Gasteiger partial charge in [0.1, 0.15) is 12.1 Å². The molecule has 26 heavy (non-hydrogen) atoms. The molecule has 0 fully saturated rings. The van der Waals surface area contributed by atoms with Crippen LogP contribution in [0.5, 0.6) is 0 Å². The Balaban J connectivity index is 5.14. The maximum atomic E-state index is 12.2. The summed E-state index contributed by atoms with van der Waals surface area (Å²) in [4.78, 5) is 67.4. The largest absolute Gasteiger partial charge is 0.481 e. The van der Waals surface area contributed by atoms with E-state index in [1.165, 1.54) is 0 Å². The Morgan fingerprint density at radius 1 is 0.808 bits per heavy atom. The molecule has 13 heteroatoms. The van der Waals surface area contributed by atoms with Gasteiger partial charge in [-0.2, -0.15) is 0 Å². The molecule has 0 aliphatic heterocycles. The number of hydrogen-bond donors (Lipinski definition) is 7. The molecule has 0 bridgehead atoms. The molecule has 0 aliphatic rings. The van der Waals surface area contributed by atoms with Crippen molar-refractivity contribution in [1.29, 1.82) is 0 Å². The number of amides is 4. The van der Waals surface area contributed by atoms with Gasteiger partial charge in [0.15, 0.2) is 0 Å². The molecule has 3 atom stereocenters. The number of nitrogens with two attached hydrogens (primary N) is 3. The number of rotatable bonds is 12. The number of carbonyl (C=O) groups is 6. The van der Waals surface area contributed by atoms with E-state index in [0.29, 0.717) is 0 Å². The molecule has 13 nitrogen and oxygen atoms in total. The van der Waals surface area contributed by atoms with Crippen LogP contribution >= 0.6 is 0 Å². The van der Waals surface area contributed by atoms with Crippen molar-refractivity contribution in [2.75, 3.05) is 0 Å². The summed E-state index contributed by atoms with van der Waals surface area (Å²) in [6.07, 6.45) is -2.14. The molecule has 146 valence electrons. The third-order valence-electron chi connectivity index (χ3n) is 3.06. The van der Waals surface area contributed by atoms with Gasteiger partial charge < -0.3 is 38.0 Å². The van der Waals surface area contributed by atoms with Crippen molar-refractivity contribution in [1.82, 2.24) is 10.6 Å². The molecule has 0 rings (SSSR count). The molecule has 0 aromatic rings. The number of carboxylic acid groups (broad SMARTS) is 2. The molecule has 0 saturated heterocycles. The summed E-state index contributed by atoms with van der Waals surface area (Å²) < 4.78 is 0. The van der Waals surface area contributed by atoms with Gasteiger partial charge in [-0.25, -0.2) is 4.79 Å². The zero-order valence-corrected chi connectivity index (χ0v) is 13.6. The van der Waals surface area contributed by atoms with Crippen LogP contribution in [0.3, 0.4) is 0 Å². The summed E-state index contributed by atoms with van der Waals surface area (Å²) in [5.74, 6) is -6.70. The van der Waals surface area contributed by atoms with Crippen LogP contribution in [0, 0.1) is 0 Å². The highest BCUT2D eigenvalue weighted by molar-refractivity contribution is 5.94. The lowest BCUT2D eigenvalue weighted by atomic mass is 10.1. The summed E-state index contributed by atoms with van der Waals surface area (Å²) in [5, 5.41) is 21.8. The molecular formula is C13H21N5O8. The van der Waals surface area contributed by atoms with Crippen LogP contribution in [0.2, 0.25) is 0 Å². The lowest BCUT2D eigenvalue weighted by molar-refractivity contribution is -0.144. The third kappa shape index (κ3) is 9.17. The second-order valence-electron chi connectivity index (χ2n) is 5.34. The number of nitrogens with one attached hydrogen (secondary N) is 2. The second kappa shape index (κ2) is 10.6. The quantitative estimate of drug-likeness (QED) is 0.175. The minimum Gasteiger partial charge on any atom is -0.481 e. The zero-order chi connectivity index (χ0) is 20.4. The molecule has 0 aliphatic carbocycles. The lowest BCUT2D eigenvalue weighted by Gasteiger charge is -2.22. The van der Waals surface area contributed by atoms with E-state index in [-0.39, 0.29) is 6.42 Å². The molecule has 0 heterocycles. The fourth-order valence-corrected chi connectivity index (χ4v) is 1.80. The Labute approximate surface area is 147 Å². The monoisotopic (exact) mass is 375 g/mol. The van der Waals surface area contributed by atoms with Crippen LogP contribution in [0.15, 0.2) is 0 Å². The first kappa shape index (κ1) is 22.8. The average Bonchev–Trinajstić information content (AvgIpc) is 2.48. The standard InChI is InChI=1S/C13H21N5O8/c14-5(3-8(15)19)11(23)17-6(1-2-10(21)22)12(24)18-7(13(25)26)4-9(16)20/h5-7H,1-4,14H2,(H2,15,19)(H2,16,20)(H,17,23)(H,18,24)(H,21,22)(H,25,26). The minimum atomic E-state index is -1.66. The fourth-order valence-electron chi connectivity index (χ4n) is 1.80. The van der Waals surface area contributed by atoms with Crippen LogP contribution in [0.1, 0.15) is 25.7 Å². The minimum absolute atomic E-state index is 0.390. The molecule has 0 radical (unpaired) electrons. The van der Waals surface area contributed by atoms with Gasteiger partial charge in [0.05, 0.1) is 18.9 Å². The van der Waals surface area contributed by atoms with Gasteiger partial charge in [0.25, 0.3) is 0 Å². The van der Waals surface area contributed by atoms with Crippen LogP contribution in [-0.4, -0.2) is 63.9 Å². The van der Waals surface area contributed by atoms with Crippen molar-refractivity contribution in [3.05, 3.63) is 0 Å². The SMILES string of the molecule is NC(=O)CC(N)C(=O)NC(CCC(=O)O)C(=O)NC(CC(N)=O)C(=O)O. The van der Waals surface area contributed by atoms with Gasteiger partial charge in [-0.15, -0.1) is 0 Å². The van der Waals surface area contributed by atoms with Crippen molar-refractivity contribution in [2.45, 2.75) is 43.8 Å². The van der Waals surface area contributed by atoms with Crippen molar-refractivity contribution < 1.29 is 39.0 Å². The van der Waals surface area contributed by atoms with Crippen LogP contribution in [0.4, 0.5) is 0 Å². The normalized spacial score (nSPS) is 13.7. The van der Waals surface area contributed by atoms with E-state index < -0.39 is 73.0 Å². The number of carbonyl (C=O) groups excluding carboxylic acids is 4. The first-order valence-electron chi connectivity index (χ1n) is 7.31. The predicted octanol–water partition coefficient (Wildman–Crippen LogP) is -4.02. The van der Waals surface area contributed by atoms with Gasteiger partial charge in [-0.1, -0.05) is 0 Å². The summed E-state index contributed by atoms with van der Waals surface area (Å²) in [5.41, 5.74) is 15.2. The fraction of sp³-hybridized carbons (Fsp3) is 0.538. The van der Waals surface area contributed by atoms with E-state index >= 15 is 0 Å². The van der Waals surface area contributed by atoms with Crippen LogP contribution in [-0.2, 0) is 28.8 Å². The first-order valence-corrected chi connectivity index (χ1v) is 7.31. The van der Waals surface area contributed by atoms with Crippen molar-refractivity contribution in [2.24, 2.45) is 17.2 Å². The van der Waals surface area contributed by atoms with E-state index in [9.17, 15) is 28.8 Å². The molecule has 0 aromatic carbocycles. The first-order chi connectivity index (χ1) is 11.9. The number of aliphatic carboxylic acids is 2. The van der Waals surface area contributed by atoms with Gasteiger partial charge in [0, 0.05) is 6.42 Å². The average molecular weight is 375 g/mol. The molecule has 0 aromatic heterocycles. The van der Waals surface area contributed by atoms with E-state index in [0.717, 1.165) is 0 Å². The molecule has 0 spiro atoms. The third-order valence-corrected chi connectivity index (χ3v) is 3.06. The summed E-state index contributed by atoms with van der Waals surface area (Å²) >= 11 is 0. The van der Waals surface area contributed by atoms with Gasteiger partial charge in [-0.05, 0) is 6.42 Å². The van der Waals surface area contributed by atoms with E-state index in [1.54, 1.807) is 0 Å². The summed E-state index contributed by atoms with van der Waals surface area (Å²) in [6, 6.07) is -4.51. The second-order valence-corrected chi connectivity index (χ2v) is 5.34. The Morgan fingerprint density at radius 2 is 1.31 bits per heavy atom. The molecule has 4 amide bonds. The van der Waals surface area contributed by atoms with Gasteiger partial charge in [-0.3, -0.25) is 24.0 Å². The highest BCUT2D eigenvalue weighted by Gasteiger charge is 2.29. The van der Waals surface area contributed by atoms with Gasteiger partial charge in [0.2, 0.25) is 23.6 Å². The maximum absolute atomic E-state index is 12.2. The van der Waals surface area contributed by atoms with Gasteiger partial charge >= 0.3 is 11.9 Å². The Bertz CT molecular complexity index is 593. The maximum Gasteiger partial charge on any atom is 0.326 e. The van der Waals surface area contributed by atoms with Crippen LogP contribution in [0.25, 0.3) is 0 Å².